The molecule has 3 heteroatoms. The molecular formula is C16H17NO2. The Labute approximate surface area is 113 Å². The highest BCUT2D eigenvalue weighted by molar-refractivity contribution is 5.98. The van der Waals surface area contributed by atoms with Crippen LogP contribution in [0.3, 0.4) is 0 Å². The van der Waals surface area contributed by atoms with Crippen molar-refractivity contribution in [2.45, 2.75) is 13.8 Å². The monoisotopic (exact) mass is 255 g/mol. The maximum Gasteiger partial charge on any atom is 0.157 e. The topological polar surface area (TPSA) is 30.8 Å². The molecule has 0 aliphatic rings. The predicted molar refractivity (Wildman–Crippen MR) is 77.0 cm³/mol. The van der Waals surface area contributed by atoms with Gasteiger partial charge in [-0.25, -0.2) is 0 Å². The van der Waals surface area contributed by atoms with E-state index in [1.165, 1.54) is 5.56 Å². The summed E-state index contributed by atoms with van der Waals surface area (Å²) in [5.74, 6) is 1.56. The molecule has 0 aliphatic carbocycles. The van der Waals surface area contributed by atoms with E-state index in [2.05, 4.69) is 5.16 Å². The number of hydrogen-bond donors (Lipinski definition) is 0. The number of hydrogen-bond acceptors (Lipinski definition) is 3. The van der Waals surface area contributed by atoms with Crippen LogP contribution in [0, 0.1) is 6.92 Å². The van der Waals surface area contributed by atoms with Gasteiger partial charge in [-0.15, -0.1) is 0 Å². The average molecular weight is 255 g/mol. The lowest BCUT2D eigenvalue weighted by Crippen LogP contribution is -1.97. The van der Waals surface area contributed by atoms with Gasteiger partial charge in [0.05, 0.1) is 12.8 Å². The first-order valence-corrected chi connectivity index (χ1v) is 6.12. The Kier molecular flexibility index (Phi) is 4.18. The van der Waals surface area contributed by atoms with E-state index < -0.39 is 0 Å². The van der Waals surface area contributed by atoms with Crippen LogP contribution in [0.1, 0.15) is 18.1 Å². The van der Waals surface area contributed by atoms with Gasteiger partial charge >= 0.3 is 0 Å². The zero-order valence-electron chi connectivity index (χ0n) is 11.4. The quantitative estimate of drug-likeness (QED) is 0.614. The lowest BCUT2D eigenvalue weighted by atomic mass is 10.1. The average Bonchev–Trinajstić information content (AvgIpc) is 2.46. The summed E-state index contributed by atoms with van der Waals surface area (Å²) >= 11 is 0. The minimum absolute atomic E-state index is 0.735. The molecule has 0 unspecified atom stereocenters. The van der Waals surface area contributed by atoms with Crippen molar-refractivity contribution in [1.29, 1.82) is 0 Å². The molecule has 0 saturated carbocycles. The van der Waals surface area contributed by atoms with Crippen molar-refractivity contribution in [3.8, 4) is 11.5 Å². The molecule has 0 aliphatic heterocycles. The van der Waals surface area contributed by atoms with E-state index in [0.717, 1.165) is 22.8 Å². The van der Waals surface area contributed by atoms with E-state index in [4.69, 9.17) is 9.57 Å². The third-order valence-electron chi connectivity index (χ3n) is 2.82. The number of oxime groups is 1. The van der Waals surface area contributed by atoms with Gasteiger partial charge in [0.1, 0.15) is 5.75 Å². The predicted octanol–water partition coefficient (Wildman–Crippen LogP) is 3.81. The van der Waals surface area contributed by atoms with E-state index >= 15 is 0 Å². The second kappa shape index (κ2) is 6.05. The van der Waals surface area contributed by atoms with E-state index in [1.807, 2.05) is 62.4 Å². The van der Waals surface area contributed by atoms with Crippen LogP contribution in [0.5, 0.6) is 11.5 Å². The number of benzene rings is 2. The van der Waals surface area contributed by atoms with Crippen LogP contribution < -0.4 is 9.57 Å². The van der Waals surface area contributed by atoms with Gasteiger partial charge in [0.2, 0.25) is 0 Å². The molecule has 0 bridgehead atoms. The van der Waals surface area contributed by atoms with Crippen LogP contribution in [0.25, 0.3) is 0 Å². The van der Waals surface area contributed by atoms with Gasteiger partial charge in [-0.2, -0.15) is 0 Å². The summed E-state index contributed by atoms with van der Waals surface area (Å²) in [6.07, 6.45) is 0. The number of rotatable bonds is 4. The van der Waals surface area contributed by atoms with Crippen molar-refractivity contribution in [1.82, 2.24) is 0 Å². The summed E-state index contributed by atoms with van der Waals surface area (Å²) in [7, 11) is 1.65. The lowest BCUT2D eigenvalue weighted by molar-refractivity contribution is 0.341. The number of aryl methyl sites for hydroxylation is 1. The molecule has 0 fully saturated rings. The summed E-state index contributed by atoms with van der Waals surface area (Å²) in [6.45, 7) is 3.95. The van der Waals surface area contributed by atoms with Crippen molar-refractivity contribution < 1.29 is 9.57 Å². The Morgan fingerprint density at radius 2 is 1.47 bits per heavy atom. The second-order valence-corrected chi connectivity index (χ2v) is 4.31. The lowest BCUT2D eigenvalue weighted by Gasteiger charge is -2.04. The molecule has 98 valence electrons. The van der Waals surface area contributed by atoms with Crippen molar-refractivity contribution in [3.05, 3.63) is 59.7 Å². The van der Waals surface area contributed by atoms with E-state index in [9.17, 15) is 0 Å². The zero-order chi connectivity index (χ0) is 13.7. The number of methoxy groups -OCH3 is 1. The summed E-state index contributed by atoms with van der Waals surface area (Å²) in [6, 6.07) is 15.5. The Bertz CT molecular complexity index is 556. The normalized spacial score (nSPS) is 11.2. The first kappa shape index (κ1) is 13.1. The molecule has 0 radical (unpaired) electrons. The van der Waals surface area contributed by atoms with Crippen molar-refractivity contribution in [2.75, 3.05) is 7.11 Å². The largest absolute Gasteiger partial charge is 0.497 e. The minimum atomic E-state index is 0.735. The van der Waals surface area contributed by atoms with Gasteiger partial charge < -0.3 is 9.57 Å². The Hall–Kier alpha value is -2.29. The van der Waals surface area contributed by atoms with Crippen LogP contribution in [0.2, 0.25) is 0 Å². The smallest absolute Gasteiger partial charge is 0.157 e. The van der Waals surface area contributed by atoms with Gasteiger partial charge in [-0.05, 0) is 55.8 Å². The third kappa shape index (κ3) is 3.58. The van der Waals surface area contributed by atoms with Crippen molar-refractivity contribution in [3.63, 3.8) is 0 Å². The minimum Gasteiger partial charge on any atom is -0.497 e. The molecule has 2 rings (SSSR count). The fourth-order valence-electron chi connectivity index (χ4n) is 1.61. The summed E-state index contributed by atoms with van der Waals surface area (Å²) in [5, 5.41) is 4.13. The van der Waals surface area contributed by atoms with E-state index in [1.54, 1.807) is 7.11 Å². The van der Waals surface area contributed by atoms with Crippen LogP contribution in [0.4, 0.5) is 0 Å². The fraction of sp³-hybridized carbons (Fsp3) is 0.188. The third-order valence-corrected chi connectivity index (χ3v) is 2.82. The molecule has 0 aromatic heterocycles. The van der Waals surface area contributed by atoms with Gasteiger partial charge in [0.25, 0.3) is 0 Å². The van der Waals surface area contributed by atoms with E-state index in [-0.39, 0.29) is 0 Å². The molecular weight excluding hydrogens is 238 g/mol. The highest BCUT2D eigenvalue weighted by Gasteiger charge is 1.99. The van der Waals surface area contributed by atoms with Gasteiger partial charge in [-0.3, -0.25) is 0 Å². The number of ether oxygens (including phenoxy) is 1. The first-order chi connectivity index (χ1) is 9.19. The molecule has 2 aromatic carbocycles. The SMILES string of the molecule is COc1ccc(/C(C)=N\Oc2ccc(C)cc2)cc1. The summed E-state index contributed by atoms with van der Waals surface area (Å²) < 4.78 is 5.12. The van der Waals surface area contributed by atoms with Crippen LogP contribution >= 0.6 is 0 Å². The van der Waals surface area contributed by atoms with Gasteiger partial charge in [0, 0.05) is 0 Å². The van der Waals surface area contributed by atoms with Gasteiger partial charge in [-0.1, -0.05) is 22.9 Å². The molecule has 2 aromatic rings. The molecule has 19 heavy (non-hydrogen) atoms. The summed E-state index contributed by atoms with van der Waals surface area (Å²) in [4.78, 5) is 5.39. The molecule has 0 N–H and O–H groups in total. The number of nitrogens with zero attached hydrogens (tertiary/aromatic N) is 1. The second-order valence-electron chi connectivity index (χ2n) is 4.31. The van der Waals surface area contributed by atoms with Crippen molar-refractivity contribution in [2.24, 2.45) is 5.16 Å². The molecule has 0 heterocycles. The Balaban J connectivity index is 2.07. The maximum atomic E-state index is 5.39. The van der Waals surface area contributed by atoms with E-state index in [0.29, 0.717) is 0 Å². The standard InChI is InChI=1S/C16H17NO2/c1-12-4-8-16(9-5-12)19-17-13(2)14-6-10-15(18-3)11-7-14/h4-11H,1-3H3/b17-13-. The summed E-state index contributed by atoms with van der Waals surface area (Å²) in [5.41, 5.74) is 3.03. The molecule has 3 nitrogen and oxygen atoms in total. The molecule has 0 atom stereocenters. The van der Waals surface area contributed by atoms with Crippen LogP contribution in [-0.2, 0) is 0 Å². The Morgan fingerprint density at radius 1 is 0.895 bits per heavy atom. The molecule has 0 spiro atoms. The maximum absolute atomic E-state index is 5.39. The molecule has 0 amide bonds. The van der Waals surface area contributed by atoms with Crippen LogP contribution in [0.15, 0.2) is 53.7 Å². The highest BCUT2D eigenvalue weighted by atomic mass is 16.6. The van der Waals surface area contributed by atoms with Crippen LogP contribution in [-0.4, -0.2) is 12.8 Å². The van der Waals surface area contributed by atoms with Gasteiger partial charge in [0.15, 0.2) is 5.75 Å². The molecule has 0 saturated heterocycles. The highest BCUT2D eigenvalue weighted by Crippen LogP contribution is 2.14. The Morgan fingerprint density at radius 3 is 2.05 bits per heavy atom. The first-order valence-electron chi connectivity index (χ1n) is 6.12. The fourth-order valence-corrected chi connectivity index (χ4v) is 1.61. The zero-order valence-corrected chi connectivity index (χ0v) is 11.4. The van der Waals surface area contributed by atoms with Crippen molar-refractivity contribution >= 4 is 5.71 Å².